The van der Waals surface area contributed by atoms with Gasteiger partial charge >= 0.3 is 0 Å². The van der Waals surface area contributed by atoms with Crippen molar-refractivity contribution in [2.24, 2.45) is 0 Å². The van der Waals surface area contributed by atoms with Gasteiger partial charge in [0.2, 0.25) is 5.91 Å². The van der Waals surface area contributed by atoms with E-state index in [1.165, 1.54) is 0 Å². The highest BCUT2D eigenvalue weighted by Gasteiger charge is 2.07. The van der Waals surface area contributed by atoms with Crippen LogP contribution in [-0.2, 0) is 11.3 Å². The second-order valence-corrected chi connectivity index (χ2v) is 4.64. The number of carbonyl (C=O) groups excluding carboxylic acids is 1. The van der Waals surface area contributed by atoms with Crippen molar-refractivity contribution < 1.29 is 18.8 Å². The maximum atomic E-state index is 11.8. The van der Waals surface area contributed by atoms with Crippen molar-refractivity contribution >= 4 is 11.7 Å². The number of benzene rings is 1. The number of carbonyl (C=O) groups is 1. The van der Waals surface area contributed by atoms with Gasteiger partial charge < -0.3 is 24.6 Å². The van der Waals surface area contributed by atoms with E-state index in [2.05, 4.69) is 15.8 Å². The van der Waals surface area contributed by atoms with Gasteiger partial charge in [-0.05, 0) is 24.6 Å². The Morgan fingerprint density at radius 2 is 2.00 bits per heavy atom. The molecule has 0 aliphatic carbocycles. The van der Waals surface area contributed by atoms with Gasteiger partial charge in [-0.1, -0.05) is 11.2 Å². The largest absolute Gasteiger partial charge is 0.493 e. The zero-order chi connectivity index (χ0) is 15.9. The Morgan fingerprint density at radius 1 is 1.23 bits per heavy atom. The third-order valence-electron chi connectivity index (χ3n) is 3.00. The minimum Gasteiger partial charge on any atom is -0.493 e. The fourth-order valence-corrected chi connectivity index (χ4v) is 1.87. The molecule has 7 heteroatoms. The van der Waals surface area contributed by atoms with Crippen LogP contribution in [-0.4, -0.2) is 31.8 Å². The minimum atomic E-state index is -0.143. The average Bonchev–Trinajstić information content (AvgIpc) is 2.96. The van der Waals surface area contributed by atoms with Gasteiger partial charge in [0.05, 0.1) is 20.8 Å². The molecule has 0 aliphatic rings. The lowest BCUT2D eigenvalue weighted by Crippen LogP contribution is -2.29. The molecule has 1 amide bonds. The number of ether oxygens (including phenoxy) is 2. The Bertz CT molecular complexity index is 639. The molecule has 0 saturated carbocycles. The number of aryl methyl sites for hydroxylation is 1. The molecule has 0 spiro atoms. The van der Waals surface area contributed by atoms with Crippen molar-refractivity contribution in [3.63, 3.8) is 0 Å². The fraction of sp³-hybridized carbons (Fsp3) is 0.333. The molecule has 0 atom stereocenters. The third kappa shape index (κ3) is 4.15. The molecule has 2 rings (SSSR count). The normalized spacial score (nSPS) is 10.1. The predicted molar refractivity (Wildman–Crippen MR) is 81.1 cm³/mol. The highest BCUT2D eigenvalue weighted by molar-refractivity contribution is 5.80. The first-order valence-electron chi connectivity index (χ1n) is 6.77. The Labute approximate surface area is 128 Å². The fourth-order valence-electron chi connectivity index (χ4n) is 1.87. The molecule has 118 valence electrons. The molecule has 0 fully saturated rings. The Balaban J connectivity index is 1.83. The molecule has 1 aromatic heterocycles. The van der Waals surface area contributed by atoms with Crippen LogP contribution in [0.1, 0.15) is 11.3 Å². The van der Waals surface area contributed by atoms with Crippen LogP contribution >= 0.6 is 0 Å². The zero-order valence-corrected chi connectivity index (χ0v) is 12.8. The van der Waals surface area contributed by atoms with Crippen molar-refractivity contribution in [2.45, 2.75) is 13.5 Å². The summed E-state index contributed by atoms with van der Waals surface area (Å²) >= 11 is 0. The van der Waals surface area contributed by atoms with Crippen molar-refractivity contribution in [2.75, 3.05) is 26.1 Å². The lowest BCUT2D eigenvalue weighted by molar-refractivity contribution is -0.119. The predicted octanol–water partition coefficient (Wildman–Crippen LogP) is 1.73. The SMILES string of the molecule is COc1ccc(CNC(=O)CNc2cc(C)on2)cc1OC. The Morgan fingerprint density at radius 3 is 2.64 bits per heavy atom. The van der Waals surface area contributed by atoms with Crippen LogP contribution in [0.15, 0.2) is 28.8 Å². The summed E-state index contributed by atoms with van der Waals surface area (Å²) in [6.45, 7) is 2.31. The second kappa shape index (κ2) is 7.35. The summed E-state index contributed by atoms with van der Waals surface area (Å²) in [6, 6.07) is 7.22. The van der Waals surface area contributed by atoms with Crippen molar-refractivity contribution in [1.29, 1.82) is 0 Å². The quantitative estimate of drug-likeness (QED) is 0.810. The first-order valence-corrected chi connectivity index (χ1v) is 6.77. The zero-order valence-electron chi connectivity index (χ0n) is 12.8. The first kappa shape index (κ1) is 15.7. The molecule has 2 aromatic rings. The Hall–Kier alpha value is -2.70. The molecule has 0 radical (unpaired) electrons. The highest BCUT2D eigenvalue weighted by Crippen LogP contribution is 2.27. The number of amides is 1. The molecule has 2 N–H and O–H groups in total. The van der Waals surface area contributed by atoms with Gasteiger partial charge in [0, 0.05) is 12.6 Å². The number of nitrogens with one attached hydrogen (secondary N) is 2. The van der Waals surface area contributed by atoms with Crippen molar-refractivity contribution in [1.82, 2.24) is 10.5 Å². The van der Waals surface area contributed by atoms with Gasteiger partial charge in [-0.2, -0.15) is 0 Å². The molecule has 0 bridgehead atoms. The van der Waals surface area contributed by atoms with Crippen LogP contribution in [0.5, 0.6) is 11.5 Å². The number of rotatable bonds is 7. The van der Waals surface area contributed by atoms with Gasteiger partial charge in [0.25, 0.3) is 0 Å². The monoisotopic (exact) mass is 305 g/mol. The first-order chi connectivity index (χ1) is 10.6. The number of anilines is 1. The van der Waals surface area contributed by atoms with E-state index in [4.69, 9.17) is 14.0 Å². The lowest BCUT2D eigenvalue weighted by atomic mass is 10.2. The van der Waals surface area contributed by atoms with E-state index in [-0.39, 0.29) is 12.5 Å². The molecule has 1 heterocycles. The average molecular weight is 305 g/mol. The van der Waals surface area contributed by atoms with Crippen LogP contribution in [0.2, 0.25) is 0 Å². The van der Waals surface area contributed by atoms with Crippen LogP contribution in [0, 0.1) is 6.92 Å². The van der Waals surface area contributed by atoms with E-state index in [1.807, 2.05) is 12.1 Å². The van der Waals surface area contributed by atoms with Gasteiger partial charge in [-0.25, -0.2) is 0 Å². The molecule has 1 aromatic carbocycles. The molecular weight excluding hydrogens is 286 g/mol. The topological polar surface area (TPSA) is 85.6 Å². The number of aromatic nitrogens is 1. The van der Waals surface area contributed by atoms with Crippen LogP contribution in [0.25, 0.3) is 0 Å². The minimum absolute atomic E-state index is 0.124. The third-order valence-corrected chi connectivity index (χ3v) is 3.00. The number of methoxy groups -OCH3 is 2. The Kier molecular flexibility index (Phi) is 5.24. The van der Waals surface area contributed by atoms with Gasteiger partial charge in [-0.3, -0.25) is 4.79 Å². The van der Waals surface area contributed by atoms with E-state index in [1.54, 1.807) is 33.3 Å². The van der Waals surface area contributed by atoms with Crippen LogP contribution in [0.3, 0.4) is 0 Å². The molecule has 0 unspecified atom stereocenters. The van der Waals surface area contributed by atoms with Gasteiger partial charge in [0.1, 0.15) is 5.76 Å². The maximum Gasteiger partial charge on any atom is 0.239 e. The number of hydrogen-bond donors (Lipinski definition) is 2. The highest BCUT2D eigenvalue weighted by atomic mass is 16.5. The summed E-state index contributed by atoms with van der Waals surface area (Å²) in [5.41, 5.74) is 0.920. The van der Waals surface area contributed by atoms with E-state index >= 15 is 0 Å². The van der Waals surface area contributed by atoms with Gasteiger partial charge in [0.15, 0.2) is 17.3 Å². The van der Waals surface area contributed by atoms with Crippen LogP contribution < -0.4 is 20.1 Å². The summed E-state index contributed by atoms with van der Waals surface area (Å²) in [6.07, 6.45) is 0. The van der Waals surface area contributed by atoms with E-state index in [9.17, 15) is 4.79 Å². The summed E-state index contributed by atoms with van der Waals surface area (Å²) in [5.74, 6) is 2.37. The van der Waals surface area contributed by atoms with Crippen LogP contribution in [0.4, 0.5) is 5.82 Å². The van der Waals surface area contributed by atoms with Crippen molar-refractivity contribution in [3.8, 4) is 11.5 Å². The van der Waals surface area contributed by atoms with E-state index in [0.717, 1.165) is 5.56 Å². The van der Waals surface area contributed by atoms with Gasteiger partial charge in [-0.15, -0.1) is 0 Å². The molecule has 22 heavy (non-hydrogen) atoms. The molecular formula is C15H19N3O4. The molecule has 7 nitrogen and oxygen atoms in total. The lowest BCUT2D eigenvalue weighted by Gasteiger charge is -2.10. The smallest absolute Gasteiger partial charge is 0.239 e. The number of hydrogen-bond acceptors (Lipinski definition) is 6. The van der Waals surface area contributed by atoms with Crippen molar-refractivity contribution in [3.05, 3.63) is 35.6 Å². The molecule has 0 saturated heterocycles. The maximum absolute atomic E-state index is 11.8. The van der Waals surface area contributed by atoms with E-state index in [0.29, 0.717) is 29.6 Å². The second-order valence-electron chi connectivity index (χ2n) is 4.64. The standard InChI is InChI=1S/C15H19N3O4/c1-10-6-14(18-22-10)16-9-15(19)17-8-11-4-5-12(20-2)13(7-11)21-3/h4-7H,8-9H2,1-3H3,(H,16,18)(H,17,19). The number of nitrogens with zero attached hydrogens (tertiary/aromatic N) is 1. The summed E-state index contributed by atoms with van der Waals surface area (Å²) in [5, 5.41) is 9.44. The summed E-state index contributed by atoms with van der Waals surface area (Å²) < 4.78 is 15.3. The molecule has 0 aliphatic heterocycles. The van der Waals surface area contributed by atoms with E-state index < -0.39 is 0 Å². The summed E-state index contributed by atoms with van der Waals surface area (Å²) in [4.78, 5) is 11.8. The summed E-state index contributed by atoms with van der Waals surface area (Å²) in [7, 11) is 3.15.